The van der Waals surface area contributed by atoms with Gasteiger partial charge in [-0.25, -0.2) is 8.42 Å². The van der Waals surface area contributed by atoms with Gasteiger partial charge in [-0.1, -0.05) is 42.5 Å². The van der Waals surface area contributed by atoms with Crippen molar-refractivity contribution in [3.63, 3.8) is 0 Å². The second kappa shape index (κ2) is 12.7. The normalized spacial score (nSPS) is 17.8. The predicted octanol–water partition coefficient (Wildman–Crippen LogP) is 3.28. The SMILES string of the molecule is O=C1c2ccccc2C(=O)N1CCCCSC[C@@H]1CCCN1C(=O)[C@@H](CO)NS(=O)(=O)c1ccc2ccccc2c1. The molecule has 0 radical (unpaired) electrons. The quantitative estimate of drug-likeness (QED) is 0.243. The number of carbonyl (C=O) groups excluding carboxylic acids is 3. The average Bonchev–Trinajstić information content (AvgIpc) is 3.55. The smallest absolute Gasteiger partial charge is 0.261 e. The maximum atomic E-state index is 13.3. The molecular formula is C30H33N3O6S2. The summed E-state index contributed by atoms with van der Waals surface area (Å²) in [6.07, 6.45) is 3.12. The maximum Gasteiger partial charge on any atom is 0.261 e. The van der Waals surface area contributed by atoms with Crippen LogP contribution in [0.25, 0.3) is 10.8 Å². The fraction of sp³-hybridized carbons (Fsp3) is 0.367. The van der Waals surface area contributed by atoms with E-state index in [2.05, 4.69) is 4.72 Å². The van der Waals surface area contributed by atoms with Gasteiger partial charge in [-0.05, 0) is 66.5 Å². The third kappa shape index (κ3) is 6.33. The van der Waals surface area contributed by atoms with Crippen LogP contribution in [0.5, 0.6) is 0 Å². The van der Waals surface area contributed by atoms with Crippen LogP contribution in [0.3, 0.4) is 0 Å². The zero-order chi connectivity index (χ0) is 29.0. The van der Waals surface area contributed by atoms with E-state index >= 15 is 0 Å². The van der Waals surface area contributed by atoms with Crippen molar-refractivity contribution in [3.8, 4) is 0 Å². The molecule has 0 saturated carbocycles. The number of nitrogens with zero attached hydrogens (tertiary/aromatic N) is 2. The molecule has 216 valence electrons. The summed E-state index contributed by atoms with van der Waals surface area (Å²) < 4.78 is 28.6. The van der Waals surface area contributed by atoms with Crippen LogP contribution >= 0.6 is 11.8 Å². The first kappa shape index (κ1) is 29.2. The molecule has 0 spiro atoms. The standard InChI is InChI=1S/C30H33N3O6S2/c34-19-27(31-41(38,39)24-14-13-21-8-1-2-9-22(21)18-24)30(37)32-16-7-10-23(32)20-40-17-6-5-15-33-28(35)25-11-3-4-12-26(25)29(33)36/h1-4,8-9,11-14,18,23,27,31,34H,5-7,10,15-17,19-20H2/t23-,27+/m0/s1. The highest BCUT2D eigenvalue weighted by molar-refractivity contribution is 7.99. The fourth-order valence-corrected chi connectivity index (χ4v) is 7.80. The number of hydrogen-bond donors (Lipinski definition) is 2. The van der Waals surface area contributed by atoms with Gasteiger partial charge in [0.25, 0.3) is 11.8 Å². The Morgan fingerprint density at radius 1 is 0.976 bits per heavy atom. The molecule has 3 aromatic carbocycles. The van der Waals surface area contributed by atoms with E-state index in [-0.39, 0.29) is 22.8 Å². The second-order valence-electron chi connectivity index (χ2n) is 10.3. The van der Waals surface area contributed by atoms with Crippen LogP contribution in [0.15, 0.2) is 71.6 Å². The molecule has 41 heavy (non-hydrogen) atoms. The lowest BCUT2D eigenvalue weighted by Gasteiger charge is -2.28. The number of rotatable bonds is 12. The highest BCUT2D eigenvalue weighted by Gasteiger charge is 2.36. The molecule has 1 fully saturated rings. The highest BCUT2D eigenvalue weighted by Crippen LogP contribution is 2.25. The molecule has 0 aromatic heterocycles. The fourth-order valence-electron chi connectivity index (χ4n) is 5.39. The van der Waals surface area contributed by atoms with Gasteiger partial charge >= 0.3 is 0 Å². The highest BCUT2D eigenvalue weighted by atomic mass is 32.2. The molecule has 0 bridgehead atoms. The van der Waals surface area contributed by atoms with Crippen molar-refractivity contribution in [3.05, 3.63) is 77.9 Å². The van der Waals surface area contributed by atoms with E-state index < -0.39 is 28.6 Å². The van der Waals surface area contributed by atoms with E-state index in [0.717, 1.165) is 35.8 Å². The Balaban J connectivity index is 1.10. The number of sulfonamides is 1. The number of aliphatic hydroxyl groups is 1. The van der Waals surface area contributed by atoms with Gasteiger partial charge in [-0.3, -0.25) is 19.3 Å². The lowest BCUT2D eigenvalue weighted by atomic mass is 10.1. The molecule has 0 aliphatic carbocycles. The Kier molecular flexibility index (Phi) is 9.08. The molecule has 1 saturated heterocycles. The van der Waals surface area contributed by atoms with Crippen molar-refractivity contribution in [2.45, 2.75) is 42.7 Å². The molecule has 2 atom stereocenters. The van der Waals surface area contributed by atoms with Gasteiger partial charge in [-0.2, -0.15) is 16.5 Å². The molecule has 9 nitrogen and oxygen atoms in total. The Morgan fingerprint density at radius 2 is 1.66 bits per heavy atom. The number of unbranched alkanes of at least 4 members (excludes halogenated alkanes) is 1. The zero-order valence-electron chi connectivity index (χ0n) is 22.6. The van der Waals surface area contributed by atoms with Crippen molar-refractivity contribution in [2.75, 3.05) is 31.2 Å². The Labute approximate surface area is 243 Å². The number of aliphatic hydroxyl groups excluding tert-OH is 1. The van der Waals surface area contributed by atoms with Crippen molar-refractivity contribution < 1.29 is 27.9 Å². The Morgan fingerprint density at radius 3 is 2.37 bits per heavy atom. The zero-order valence-corrected chi connectivity index (χ0v) is 24.2. The topological polar surface area (TPSA) is 124 Å². The Hall–Kier alpha value is -3.25. The lowest BCUT2D eigenvalue weighted by molar-refractivity contribution is -0.134. The van der Waals surface area contributed by atoms with Crippen molar-refractivity contribution in [1.82, 2.24) is 14.5 Å². The molecule has 5 rings (SSSR count). The summed E-state index contributed by atoms with van der Waals surface area (Å²) in [7, 11) is -4.03. The first-order chi connectivity index (χ1) is 19.8. The van der Waals surface area contributed by atoms with Gasteiger partial charge in [0.1, 0.15) is 6.04 Å². The number of nitrogens with one attached hydrogen (secondary N) is 1. The molecule has 0 unspecified atom stereocenters. The van der Waals surface area contributed by atoms with Crippen LogP contribution in [0.2, 0.25) is 0 Å². The first-order valence-electron chi connectivity index (χ1n) is 13.8. The van der Waals surface area contributed by atoms with Crippen LogP contribution < -0.4 is 4.72 Å². The third-order valence-electron chi connectivity index (χ3n) is 7.58. The van der Waals surface area contributed by atoms with E-state index in [1.54, 1.807) is 53.1 Å². The summed E-state index contributed by atoms with van der Waals surface area (Å²) in [5.41, 5.74) is 0.914. The number of likely N-dealkylation sites (tertiary alicyclic amines) is 1. The van der Waals surface area contributed by atoms with Crippen LogP contribution in [0, 0.1) is 0 Å². The van der Waals surface area contributed by atoms with E-state index in [4.69, 9.17) is 0 Å². The summed E-state index contributed by atoms with van der Waals surface area (Å²) in [6, 6.07) is 17.7. The van der Waals surface area contributed by atoms with E-state index in [1.165, 1.54) is 11.0 Å². The molecule has 2 aliphatic heterocycles. The minimum atomic E-state index is -4.03. The second-order valence-corrected chi connectivity index (χ2v) is 13.1. The molecule has 2 aliphatic rings. The summed E-state index contributed by atoms with van der Waals surface area (Å²) >= 11 is 1.69. The van der Waals surface area contributed by atoms with Crippen LogP contribution in [-0.2, 0) is 14.8 Å². The number of fused-ring (bicyclic) bond motifs is 2. The molecule has 3 amide bonds. The van der Waals surface area contributed by atoms with E-state index in [0.29, 0.717) is 36.4 Å². The number of carbonyl (C=O) groups is 3. The summed E-state index contributed by atoms with van der Waals surface area (Å²) in [5.74, 6) is 0.584. The number of hydrogen-bond acceptors (Lipinski definition) is 7. The minimum Gasteiger partial charge on any atom is -0.394 e. The van der Waals surface area contributed by atoms with Crippen molar-refractivity contribution in [2.24, 2.45) is 0 Å². The number of imide groups is 1. The van der Waals surface area contributed by atoms with Gasteiger partial charge in [0.05, 0.1) is 22.6 Å². The predicted molar refractivity (Wildman–Crippen MR) is 158 cm³/mol. The van der Waals surface area contributed by atoms with Crippen LogP contribution in [-0.4, -0.2) is 84.3 Å². The first-order valence-corrected chi connectivity index (χ1v) is 16.4. The minimum absolute atomic E-state index is 0.0391. The number of amides is 3. The average molecular weight is 596 g/mol. The molecule has 2 heterocycles. The Bertz CT molecular complexity index is 1530. The maximum absolute atomic E-state index is 13.3. The summed E-state index contributed by atoms with van der Waals surface area (Å²) in [4.78, 5) is 41.3. The van der Waals surface area contributed by atoms with Gasteiger partial charge in [0.15, 0.2) is 0 Å². The van der Waals surface area contributed by atoms with Gasteiger partial charge in [-0.15, -0.1) is 0 Å². The van der Waals surface area contributed by atoms with Gasteiger partial charge in [0, 0.05) is 24.9 Å². The molecule has 2 N–H and O–H groups in total. The van der Waals surface area contributed by atoms with Gasteiger partial charge < -0.3 is 10.0 Å². The summed E-state index contributed by atoms with van der Waals surface area (Å²) in [6.45, 7) is 0.244. The van der Waals surface area contributed by atoms with Gasteiger partial charge in [0.2, 0.25) is 15.9 Å². The van der Waals surface area contributed by atoms with Crippen LogP contribution in [0.4, 0.5) is 0 Å². The van der Waals surface area contributed by atoms with Crippen LogP contribution in [0.1, 0.15) is 46.4 Å². The van der Waals surface area contributed by atoms with E-state index in [1.807, 2.05) is 24.3 Å². The number of benzene rings is 3. The third-order valence-corrected chi connectivity index (χ3v) is 10.2. The molecule has 11 heteroatoms. The largest absolute Gasteiger partial charge is 0.394 e. The lowest BCUT2D eigenvalue weighted by Crippen LogP contribution is -2.52. The number of thioether (sulfide) groups is 1. The molecule has 3 aromatic rings. The van der Waals surface area contributed by atoms with E-state index in [9.17, 15) is 27.9 Å². The van der Waals surface area contributed by atoms with Crippen molar-refractivity contribution >= 4 is 50.3 Å². The molecular weight excluding hydrogens is 562 g/mol. The summed E-state index contributed by atoms with van der Waals surface area (Å²) in [5, 5.41) is 11.6. The van der Waals surface area contributed by atoms with Crippen molar-refractivity contribution in [1.29, 1.82) is 0 Å². The monoisotopic (exact) mass is 595 g/mol.